The Morgan fingerprint density at radius 3 is 2.79 bits per heavy atom. The fraction of sp³-hybridized carbons (Fsp3) is 0.278. The Bertz CT molecular complexity index is 736. The van der Waals surface area contributed by atoms with E-state index in [9.17, 15) is 4.79 Å². The highest BCUT2D eigenvalue weighted by molar-refractivity contribution is 5.89. The Morgan fingerprint density at radius 2 is 2.12 bits per heavy atom. The molecule has 2 rings (SSSR count). The first-order chi connectivity index (χ1) is 11.6. The zero-order chi connectivity index (χ0) is 17.4. The molecule has 0 saturated carbocycles. The Labute approximate surface area is 141 Å². The summed E-state index contributed by atoms with van der Waals surface area (Å²) in [6, 6.07) is 10.7. The molecule has 0 spiro atoms. The number of hydrogen-bond acceptors (Lipinski definition) is 5. The lowest BCUT2D eigenvalue weighted by Crippen LogP contribution is -2.13. The lowest BCUT2D eigenvalue weighted by Gasteiger charge is -2.10. The van der Waals surface area contributed by atoms with Crippen LogP contribution in [0.15, 0.2) is 36.5 Å². The van der Waals surface area contributed by atoms with E-state index >= 15 is 0 Å². The van der Waals surface area contributed by atoms with Gasteiger partial charge in [0.1, 0.15) is 5.82 Å². The number of aryl methyl sites for hydroxylation is 1. The van der Waals surface area contributed by atoms with Crippen molar-refractivity contribution in [1.29, 1.82) is 5.26 Å². The van der Waals surface area contributed by atoms with E-state index in [0.717, 1.165) is 5.56 Å². The first kappa shape index (κ1) is 17.3. The standard InChI is InChI=1S/C18H19N3O3/c1-13-5-8-17(20-12-13)21-18(22)4-3-9-24-15-7-6-14(11-19)10-16(15)23-2/h5-8,10,12H,3-4,9H2,1-2H3,(H,20,21,22). The van der Waals surface area contributed by atoms with Gasteiger partial charge in [-0.1, -0.05) is 6.07 Å². The minimum atomic E-state index is -0.109. The van der Waals surface area contributed by atoms with Crippen LogP contribution in [0, 0.1) is 18.3 Å². The van der Waals surface area contributed by atoms with Crippen LogP contribution in [0.5, 0.6) is 11.5 Å². The summed E-state index contributed by atoms with van der Waals surface area (Å²) in [5, 5.41) is 11.6. The van der Waals surface area contributed by atoms with Gasteiger partial charge in [-0.05, 0) is 37.1 Å². The minimum Gasteiger partial charge on any atom is -0.493 e. The SMILES string of the molecule is COc1cc(C#N)ccc1OCCCC(=O)Nc1ccc(C)cn1. The maximum atomic E-state index is 11.8. The van der Waals surface area contributed by atoms with E-state index in [1.807, 2.05) is 19.1 Å². The first-order valence-electron chi connectivity index (χ1n) is 7.56. The second-order valence-electron chi connectivity index (χ2n) is 5.20. The minimum absolute atomic E-state index is 0.109. The Hall–Kier alpha value is -3.07. The highest BCUT2D eigenvalue weighted by Crippen LogP contribution is 2.27. The molecule has 0 unspecified atom stereocenters. The third-order valence-corrected chi connectivity index (χ3v) is 3.28. The first-order valence-corrected chi connectivity index (χ1v) is 7.56. The van der Waals surface area contributed by atoms with Gasteiger partial charge in [0.25, 0.3) is 0 Å². The van der Waals surface area contributed by atoms with Crippen molar-refractivity contribution in [3.05, 3.63) is 47.7 Å². The predicted molar refractivity (Wildman–Crippen MR) is 90.0 cm³/mol. The number of nitrogens with one attached hydrogen (secondary N) is 1. The van der Waals surface area contributed by atoms with E-state index in [-0.39, 0.29) is 5.91 Å². The van der Waals surface area contributed by atoms with Crippen molar-refractivity contribution in [1.82, 2.24) is 4.98 Å². The smallest absolute Gasteiger partial charge is 0.225 e. The van der Waals surface area contributed by atoms with E-state index in [2.05, 4.69) is 10.3 Å². The van der Waals surface area contributed by atoms with Crippen molar-refractivity contribution in [3.63, 3.8) is 0 Å². The highest BCUT2D eigenvalue weighted by Gasteiger charge is 2.07. The van der Waals surface area contributed by atoms with Crippen LogP contribution < -0.4 is 14.8 Å². The van der Waals surface area contributed by atoms with Gasteiger partial charge in [0.05, 0.1) is 25.3 Å². The average molecular weight is 325 g/mol. The molecule has 0 atom stereocenters. The molecule has 0 aliphatic heterocycles. The number of nitriles is 1. The summed E-state index contributed by atoms with van der Waals surface area (Å²) in [6.07, 6.45) is 2.59. The third kappa shape index (κ3) is 4.99. The van der Waals surface area contributed by atoms with Gasteiger partial charge >= 0.3 is 0 Å². The van der Waals surface area contributed by atoms with Gasteiger partial charge in [-0.2, -0.15) is 5.26 Å². The molecule has 0 saturated heterocycles. The summed E-state index contributed by atoms with van der Waals surface area (Å²) in [5.41, 5.74) is 1.54. The van der Waals surface area contributed by atoms with E-state index < -0.39 is 0 Å². The number of nitrogens with zero attached hydrogens (tertiary/aromatic N) is 2. The molecule has 6 nitrogen and oxygen atoms in total. The molecule has 0 radical (unpaired) electrons. The molecule has 0 fully saturated rings. The number of pyridine rings is 1. The van der Waals surface area contributed by atoms with Crippen LogP contribution in [-0.4, -0.2) is 24.6 Å². The van der Waals surface area contributed by atoms with E-state index in [1.165, 1.54) is 7.11 Å². The molecule has 0 bridgehead atoms. The molecule has 0 aliphatic carbocycles. The van der Waals surface area contributed by atoms with Crippen molar-refractivity contribution in [2.75, 3.05) is 19.0 Å². The quantitative estimate of drug-likeness (QED) is 0.791. The van der Waals surface area contributed by atoms with Gasteiger partial charge in [-0.15, -0.1) is 0 Å². The fourth-order valence-electron chi connectivity index (χ4n) is 2.02. The molecule has 1 aromatic heterocycles. The summed E-state index contributed by atoms with van der Waals surface area (Å²) in [4.78, 5) is 16.0. The van der Waals surface area contributed by atoms with Crippen LogP contribution in [0.1, 0.15) is 24.0 Å². The molecule has 6 heteroatoms. The number of aromatic nitrogens is 1. The van der Waals surface area contributed by atoms with Gasteiger partial charge in [-0.25, -0.2) is 4.98 Å². The van der Waals surface area contributed by atoms with Gasteiger partial charge < -0.3 is 14.8 Å². The predicted octanol–water partition coefficient (Wildman–Crippen LogP) is 3.07. The maximum Gasteiger partial charge on any atom is 0.225 e. The number of amides is 1. The van der Waals surface area contributed by atoms with Crippen molar-refractivity contribution in [2.45, 2.75) is 19.8 Å². The summed E-state index contributed by atoms with van der Waals surface area (Å²) in [7, 11) is 1.52. The van der Waals surface area contributed by atoms with E-state index in [4.69, 9.17) is 14.7 Å². The zero-order valence-corrected chi connectivity index (χ0v) is 13.7. The molecular weight excluding hydrogens is 306 g/mol. The Balaban J connectivity index is 1.77. The van der Waals surface area contributed by atoms with Crippen molar-refractivity contribution in [3.8, 4) is 17.6 Å². The van der Waals surface area contributed by atoms with Crippen LogP contribution in [0.25, 0.3) is 0 Å². The molecule has 124 valence electrons. The number of ether oxygens (including phenoxy) is 2. The lowest BCUT2D eigenvalue weighted by atomic mass is 10.2. The van der Waals surface area contributed by atoms with Gasteiger partial charge in [-0.3, -0.25) is 4.79 Å². The van der Waals surface area contributed by atoms with Crippen LogP contribution >= 0.6 is 0 Å². The topological polar surface area (TPSA) is 84.2 Å². The molecular formula is C18H19N3O3. The summed E-state index contributed by atoms with van der Waals surface area (Å²) in [5.74, 6) is 1.49. The normalized spacial score (nSPS) is 9.88. The monoisotopic (exact) mass is 325 g/mol. The van der Waals surface area contributed by atoms with Crippen LogP contribution in [0.3, 0.4) is 0 Å². The number of benzene rings is 1. The average Bonchev–Trinajstić information content (AvgIpc) is 2.60. The number of rotatable bonds is 7. The van der Waals surface area contributed by atoms with Crippen molar-refractivity contribution in [2.24, 2.45) is 0 Å². The summed E-state index contributed by atoms with van der Waals surface area (Å²) < 4.78 is 10.8. The second-order valence-corrected chi connectivity index (χ2v) is 5.20. The van der Waals surface area contributed by atoms with Gasteiger partial charge in [0.15, 0.2) is 11.5 Å². The number of carbonyl (C=O) groups excluding carboxylic acids is 1. The Kier molecular flexibility index (Phi) is 6.15. The molecule has 1 amide bonds. The number of hydrogen-bond donors (Lipinski definition) is 1. The fourth-order valence-corrected chi connectivity index (χ4v) is 2.02. The Morgan fingerprint density at radius 1 is 1.29 bits per heavy atom. The number of carbonyl (C=O) groups is 1. The van der Waals surface area contributed by atoms with Crippen molar-refractivity contribution >= 4 is 11.7 Å². The highest BCUT2D eigenvalue weighted by atomic mass is 16.5. The van der Waals surface area contributed by atoms with Gasteiger partial charge in [0.2, 0.25) is 5.91 Å². The number of methoxy groups -OCH3 is 1. The van der Waals surface area contributed by atoms with Crippen molar-refractivity contribution < 1.29 is 14.3 Å². The van der Waals surface area contributed by atoms with Crippen LogP contribution in [0.4, 0.5) is 5.82 Å². The molecule has 1 aromatic carbocycles. The molecule has 1 N–H and O–H groups in total. The van der Waals surface area contributed by atoms with Crippen LogP contribution in [-0.2, 0) is 4.79 Å². The number of anilines is 1. The van der Waals surface area contributed by atoms with E-state index in [0.29, 0.717) is 42.3 Å². The molecule has 24 heavy (non-hydrogen) atoms. The largest absolute Gasteiger partial charge is 0.493 e. The lowest BCUT2D eigenvalue weighted by molar-refractivity contribution is -0.116. The van der Waals surface area contributed by atoms with Gasteiger partial charge in [0, 0.05) is 18.7 Å². The van der Waals surface area contributed by atoms with Crippen LogP contribution in [0.2, 0.25) is 0 Å². The zero-order valence-electron chi connectivity index (χ0n) is 13.7. The van der Waals surface area contributed by atoms with E-state index in [1.54, 1.807) is 30.5 Å². The summed E-state index contributed by atoms with van der Waals surface area (Å²) in [6.45, 7) is 2.31. The second kappa shape index (κ2) is 8.53. The summed E-state index contributed by atoms with van der Waals surface area (Å²) >= 11 is 0. The third-order valence-electron chi connectivity index (χ3n) is 3.28. The molecule has 0 aliphatic rings. The molecule has 1 heterocycles. The maximum absolute atomic E-state index is 11.8. The molecule has 2 aromatic rings.